The summed E-state index contributed by atoms with van der Waals surface area (Å²) in [5.74, 6) is 0. The molecular weight excluding hydrogens is 244 g/mol. The molecule has 0 unspecified atom stereocenters. The standard InChI is InChI=1S/C13H20N4S/c1-6-7-13(2,3)11-10(8-14)12(18-16-11)15-9-17(4)5/h9H,6-7H2,1-5H3. The lowest BCUT2D eigenvalue weighted by Gasteiger charge is -2.21. The van der Waals surface area contributed by atoms with Gasteiger partial charge in [-0.25, -0.2) is 4.99 Å². The highest BCUT2D eigenvalue weighted by Crippen LogP contribution is 2.36. The Labute approximate surface area is 113 Å². The smallest absolute Gasteiger partial charge is 0.155 e. The predicted molar refractivity (Wildman–Crippen MR) is 76.6 cm³/mol. The Hall–Kier alpha value is -1.41. The maximum absolute atomic E-state index is 9.31. The van der Waals surface area contributed by atoms with Gasteiger partial charge in [0.2, 0.25) is 0 Å². The van der Waals surface area contributed by atoms with Gasteiger partial charge in [0, 0.05) is 19.5 Å². The van der Waals surface area contributed by atoms with E-state index in [9.17, 15) is 5.26 Å². The summed E-state index contributed by atoms with van der Waals surface area (Å²) in [5, 5.41) is 10.0. The van der Waals surface area contributed by atoms with Gasteiger partial charge in [-0.05, 0) is 18.0 Å². The van der Waals surface area contributed by atoms with E-state index in [4.69, 9.17) is 0 Å². The van der Waals surface area contributed by atoms with E-state index in [2.05, 4.69) is 36.2 Å². The summed E-state index contributed by atoms with van der Waals surface area (Å²) < 4.78 is 4.44. The van der Waals surface area contributed by atoms with Gasteiger partial charge in [0.15, 0.2) is 5.00 Å². The summed E-state index contributed by atoms with van der Waals surface area (Å²) in [6, 6.07) is 2.25. The molecule has 0 spiro atoms. The van der Waals surface area contributed by atoms with Crippen LogP contribution in [0.15, 0.2) is 4.99 Å². The van der Waals surface area contributed by atoms with Crippen molar-refractivity contribution < 1.29 is 0 Å². The fourth-order valence-electron chi connectivity index (χ4n) is 1.84. The van der Waals surface area contributed by atoms with E-state index in [1.807, 2.05) is 19.0 Å². The maximum atomic E-state index is 9.31. The third-order valence-corrected chi connectivity index (χ3v) is 3.46. The van der Waals surface area contributed by atoms with Crippen molar-refractivity contribution in [3.05, 3.63) is 11.3 Å². The Morgan fingerprint density at radius 1 is 1.50 bits per heavy atom. The van der Waals surface area contributed by atoms with Gasteiger partial charge in [0.05, 0.1) is 12.0 Å². The highest BCUT2D eigenvalue weighted by molar-refractivity contribution is 7.10. The zero-order valence-corrected chi connectivity index (χ0v) is 12.5. The fraction of sp³-hybridized carbons (Fsp3) is 0.615. The zero-order valence-electron chi connectivity index (χ0n) is 11.7. The van der Waals surface area contributed by atoms with Crippen molar-refractivity contribution in [3.8, 4) is 6.07 Å². The maximum Gasteiger partial charge on any atom is 0.155 e. The first-order valence-corrected chi connectivity index (χ1v) is 6.80. The number of rotatable bonds is 5. The topological polar surface area (TPSA) is 52.3 Å². The van der Waals surface area contributed by atoms with Crippen molar-refractivity contribution in [1.29, 1.82) is 5.26 Å². The molecule has 18 heavy (non-hydrogen) atoms. The molecule has 0 aliphatic carbocycles. The highest BCUT2D eigenvalue weighted by Gasteiger charge is 2.28. The van der Waals surface area contributed by atoms with Gasteiger partial charge in [0.25, 0.3) is 0 Å². The van der Waals surface area contributed by atoms with Crippen LogP contribution in [0.5, 0.6) is 0 Å². The number of nitriles is 1. The summed E-state index contributed by atoms with van der Waals surface area (Å²) in [5.41, 5.74) is 1.43. The van der Waals surface area contributed by atoms with E-state index >= 15 is 0 Å². The minimum Gasteiger partial charge on any atom is -0.369 e. The minimum absolute atomic E-state index is 0.0673. The monoisotopic (exact) mass is 264 g/mol. The number of hydrogen-bond acceptors (Lipinski definition) is 4. The van der Waals surface area contributed by atoms with Gasteiger partial charge in [-0.3, -0.25) is 0 Å². The number of aromatic nitrogens is 1. The Balaban J connectivity index is 3.14. The quantitative estimate of drug-likeness (QED) is 0.605. The molecule has 1 aromatic rings. The molecule has 0 fully saturated rings. The van der Waals surface area contributed by atoms with Crippen molar-refractivity contribution in [2.24, 2.45) is 4.99 Å². The molecule has 1 aromatic heterocycles. The molecule has 1 rings (SSSR count). The van der Waals surface area contributed by atoms with Gasteiger partial charge in [-0.15, -0.1) is 0 Å². The molecule has 0 radical (unpaired) electrons. The van der Waals surface area contributed by atoms with Crippen LogP contribution in [0.25, 0.3) is 0 Å². The average molecular weight is 264 g/mol. The first-order valence-electron chi connectivity index (χ1n) is 6.03. The van der Waals surface area contributed by atoms with Crippen LogP contribution in [0.1, 0.15) is 44.9 Å². The molecule has 1 heterocycles. The Morgan fingerprint density at radius 2 is 2.17 bits per heavy atom. The molecule has 5 heteroatoms. The van der Waals surface area contributed by atoms with E-state index in [0.717, 1.165) is 18.5 Å². The number of hydrogen-bond donors (Lipinski definition) is 0. The molecular formula is C13H20N4S. The Bertz CT molecular complexity index is 466. The molecule has 0 amide bonds. The third kappa shape index (κ3) is 3.30. The predicted octanol–water partition coefficient (Wildman–Crippen LogP) is 3.31. The molecule has 0 saturated carbocycles. The number of aliphatic imine (C=N–C) groups is 1. The Morgan fingerprint density at radius 3 is 2.67 bits per heavy atom. The molecule has 98 valence electrons. The molecule has 0 atom stereocenters. The van der Waals surface area contributed by atoms with E-state index < -0.39 is 0 Å². The molecule has 4 nitrogen and oxygen atoms in total. The number of nitrogens with zero attached hydrogens (tertiary/aromatic N) is 4. The van der Waals surface area contributed by atoms with Gasteiger partial charge >= 0.3 is 0 Å². The molecule has 0 bridgehead atoms. The molecule has 0 saturated heterocycles. The fourth-order valence-corrected chi connectivity index (χ4v) is 2.69. The summed E-state index contributed by atoms with van der Waals surface area (Å²) in [7, 11) is 3.80. The van der Waals surface area contributed by atoms with Crippen LogP contribution < -0.4 is 0 Å². The Kier molecular flexibility index (Phi) is 4.85. The van der Waals surface area contributed by atoms with Crippen LogP contribution in [0, 0.1) is 11.3 Å². The molecule has 0 N–H and O–H groups in total. The normalized spacial score (nSPS) is 11.8. The largest absolute Gasteiger partial charge is 0.369 e. The van der Waals surface area contributed by atoms with Crippen molar-refractivity contribution in [2.45, 2.75) is 39.0 Å². The second kappa shape index (κ2) is 5.96. The van der Waals surface area contributed by atoms with Gasteiger partial charge in [0.1, 0.15) is 11.6 Å². The van der Waals surface area contributed by atoms with E-state index in [0.29, 0.717) is 10.6 Å². The molecule has 0 aliphatic heterocycles. The second-order valence-corrected chi connectivity index (χ2v) is 5.92. The van der Waals surface area contributed by atoms with Crippen LogP contribution in [0.3, 0.4) is 0 Å². The van der Waals surface area contributed by atoms with Crippen molar-refractivity contribution in [2.75, 3.05) is 14.1 Å². The lowest BCUT2D eigenvalue weighted by Crippen LogP contribution is -2.18. The summed E-state index contributed by atoms with van der Waals surface area (Å²) in [4.78, 5) is 6.15. The van der Waals surface area contributed by atoms with Crippen LogP contribution in [-0.2, 0) is 5.41 Å². The van der Waals surface area contributed by atoms with Crippen LogP contribution in [0.2, 0.25) is 0 Å². The van der Waals surface area contributed by atoms with E-state index in [1.54, 1.807) is 6.34 Å². The first kappa shape index (κ1) is 14.7. The lowest BCUT2D eigenvalue weighted by atomic mass is 9.83. The molecule has 0 aliphatic rings. The van der Waals surface area contributed by atoms with E-state index in [1.165, 1.54) is 11.5 Å². The zero-order chi connectivity index (χ0) is 13.8. The van der Waals surface area contributed by atoms with E-state index in [-0.39, 0.29) is 5.41 Å². The van der Waals surface area contributed by atoms with Gasteiger partial charge in [-0.2, -0.15) is 9.64 Å². The van der Waals surface area contributed by atoms with Crippen molar-refractivity contribution in [1.82, 2.24) is 9.27 Å². The van der Waals surface area contributed by atoms with Gasteiger partial charge in [-0.1, -0.05) is 27.2 Å². The highest BCUT2D eigenvalue weighted by atomic mass is 32.1. The summed E-state index contributed by atoms with van der Waals surface area (Å²) in [6.45, 7) is 6.41. The summed E-state index contributed by atoms with van der Waals surface area (Å²) in [6.07, 6.45) is 3.79. The minimum atomic E-state index is -0.0673. The SMILES string of the molecule is CCCC(C)(C)c1nsc(N=CN(C)C)c1C#N. The first-order chi connectivity index (χ1) is 8.42. The van der Waals surface area contributed by atoms with Crippen molar-refractivity contribution >= 4 is 22.9 Å². The van der Waals surface area contributed by atoms with Crippen LogP contribution in [0.4, 0.5) is 5.00 Å². The lowest BCUT2D eigenvalue weighted by molar-refractivity contribution is 0.462. The van der Waals surface area contributed by atoms with Crippen LogP contribution in [-0.4, -0.2) is 29.7 Å². The molecule has 0 aromatic carbocycles. The van der Waals surface area contributed by atoms with Gasteiger partial charge < -0.3 is 4.90 Å². The summed E-state index contributed by atoms with van der Waals surface area (Å²) >= 11 is 1.30. The van der Waals surface area contributed by atoms with Crippen molar-refractivity contribution in [3.63, 3.8) is 0 Å². The van der Waals surface area contributed by atoms with Crippen LogP contribution >= 0.6 is 11.5 Å². The average Bonchev–Trinajstić information content (AvgIpc) is 2.69. The third-order valence-electron chi connectivity index (χ3n) is 2.71. The second-order valence-electron chi connectivity index (χ2n) is 5.17.